The highest BCUT2D eigenvalue weighted by atomic mass is 16.5. The predicted molar refractivity (Wildman–Crippen MR) is 97.2 cm³/mol. The zero-order valence-electron chi connectivity index (χ0n) is 15.2. The molecular formula is C18H26N6O. The fourth-order valence-corrected chi connectivity index (χ4v) is 2.93. The molecule has 1 saturated heterocycles. The summed E-state index contributed by atoms with van der Waals surface area (Å²) < 4.78 is 5.28. The molecule has 0 unspecified atom stereocenters. The summed E-state index contributed by atoms with van der Waals surface area (Å²) in [5, 5.41) is 7.41. The Balaban J connectivity index is 1.60. The summed E-state index contributed by atoms with van der Waals surface area (Å²) in [5.74, 6) is 2.08. The number of rotatable bonds is 5. The Morgan fingerprint density at radius 2 is 2.28 bits per heavy atom. The topological polar surface area (TPSA) is 79.4 Å². The summed E-state index contributed by atoms with van der Waals surface area (Å²) in [5.41, 5.74) is 1.04. The molecule has 0 aliphatic carbocycles. The smallest absolute Gasteiger partial charge is 0.276 e. The monoisotopic (exact) mass is 342 g/mol. The van der Waals surface area contributed by atoms with Gasteiger partial charge in [-0.05, 0) is 30.9 Å². The van der Waals surface area contributed by atoms with Gasteiger partial charge in [-0.15, -0.1) is 0 Å². The van der Waals surface area contributed by atoms with E-state index < -0.39 is 0 Å². The van der Waals surface area contributed by atoms with E-state index in [0.717, 1.165) is 25.6 Å². The maximum atomic E-state index is 5.28. The van der Waals surface area contributed by atoms with E-state index in [2.05, 4.69) is 46.1 Å². The number of aliphatic imine (C=N–C) groups is 1. The number of hydrogen-bond donors (Lipinski definition) is 1. The first-order chi connectivity index (χ1) is 12.1. The minimum absolute atomic E-state index is 0.349. The second-order valence-electron chi connectivity index (χ2n) is 7.05. The fraction of sp³-hybridized carbons (Fsp3) is 0.556. The Morgan fingerprint density at radius 3 is 2.96 bits per heavy atom. The third kappa shape index (κ3) is 4.55. The minimum Gasteiger partial charge on any atom is -0.357 e. The first kappa shape index (κ1) is 17.4. The van der Waals surface area contributed by atoms with Crippen molar-refractivity contribution in [2.75, 3.05) is 26.2 Å². The van der Waals surface area contributed by atoms with E-state index in [-0.39, 0.29) is 0 Å². The molecule has 25 heavy (non-hydrogen) atoms. The van der Waals surface area contributed by atoms with Crippen LogP contribution in [-0.4, -0.2) is 52.2 Å². The van der Waals surface area contributed by atoms with Crippen LogP contribution in [-0.2, 0) is 6.42 Å². The molecule has 134 valence electrons. The summed E-state index contributed by atoms with van der Waals surface area (Å²) in [6.45, 7) is 10.3. The maximum Gasteiger partial charge on any atom is 0.276 e. The SMILES string of the molecule is CCNC(=NCCc1noc(-c2ccccn2)n1)N1CCC(C)(C)C1. The molecule has 0 radical (unpaired) electrons. The predicted octanol–water partition coefficient (Wildman–Crippen LogP) is 2.37. The number of nitrogens with one attached hydrogen (secondary N) is 1. The first-order valence-electron chi connectivity index (χ1n) is 8.85. The fourth-order valence-electron chi connectivity index (χ4n) is 2.93. The summed E-state index contributed by atoms with van der Waals surface area (Å²) in [4.78, 5) is 15.7. The van der Waals surface area contributed by atoms with Crippen LogP contribution in [0, 0.1) is 5.41 Å². The molecule has 0 spiro atoms. The molecule has 2 aromatic heterocycles. The molecule has 1 aliphatic heterocycles. The number of pyridine rings is 1. The van der Waals surface area contributed by atoms with Crippen molar-refractivity contribution in [3.63, 3.8) is 0 Å². The summed E-state index contributed by atoms with van der Waals surface area (Å²) in [6.07, 6.45) is 3.54. The lowest BCUT2D eigenvalue weighted by Crippen LogP contribution is -2.40. The standard InChI is InChI=1S/C18H26N6O/c1-4-19-17(24-12-9-18(2,3)13-24)21-11-8-15-22-16(25-23-15)14-7-5-6-10-20-14/h5-7,10H,4,8-9,11-13H2,1-3H3,(H,19,21). The van der Waals surface area contributed by atoms with Crippen molar-refractivity contribution in [2.24, 2.45) is 10.4 Å². The number of hydrogen-bond acceptors (Lipinski definition) is 5. The lowest BCUT2D eigenvalue weighted by atomic mass is 9.93. The Labute approximate surface area is 148 Å². The molecular weight excluding hydrogens is 316 g/mol. The molecule has 1 aliphatic rings. The van der Waals surface area contributed by atoms with Gasteiger partial charge >= 0.3 is 0 Å². The first-order valence-corrected chi connectivity index (χ1v) is 8.85. The van der Waals surface area contributed by atoms with E-state index >= 15 is 0 Å². The van der Waals surface area contributed by atoms with Gasteiger partial charge in [0.15, 0.2) is 11.8 Å². The van der Waals surface area contributed by atoms with Gasteiger partial charge in [-0.25, -0.2) is 0 Å². The van der Waals surface area contributed by atoms with Gasteiger partial charge in [0.1, 0.15) is 5.69 Å². The van der Waals surface area contributed by atoms with E-state index in [1.165, 1.54) is 6.42 Å². The summed E-state index contributed by atoms with van der Waals surface area (Å²) >= 11 is 0. The van der Waals surface area contributed by atoms with Crippen LogP contribution in [0.5, 0.6) is 0 Å². The molecule has 0 amide bonds. The molecule has 7 heteroatoms. The molecule has 1 N–H and O–H groups in total. The Kier molecular flexibility index (Phi) is 5.31. The van der Waals surface area contributed by atoms with Crippen LogP contribution < -0.4 is 5.32 Å². The molecule has 2 aromatic rings. The van der Waals surface area contributed by atoms with E-state index in [9.17, 15) is 0 Å². The van der Waals surface area contributed by atoms with Crippen LogP contribution in [0.2, 0.25) is 0 Å². The molecule has 0 bridgehead atoms. The van der Waals surface area contributed by atoms with Crippen LogP contribution in [0.3, 0.4) is 0 Å². The number of aromatic nitrogens is 3. The van der Waals surface area contributed by atoms with Gasteiger partial charge in [0.05, 0.1) is 0 Å². The summed E-state index contributed by atoms with van der Waals surface area (Å²) in [6, 6.07) is 5.61. The Morgan fingerprint density at radius 1 is 1.40 bits per heavy atom. The highest BCUT2D eigenvalue weighted by Gasteiger charge is 2.30. The average Bonchev–Trinajstić information content (AvgIpc) is 3.21. The van der Waals surface area contributed by atoms with Gasteiger partial charge in [-0.3, -0.25) is 9.98 Å². The maximum absolute atomic E-state index is 5.28. The van der Waals surface area contributed by atoms with Gasteiger partial charge < -0.3 is 14.7 Å². The number of guanidine groups is 1. The largest absolute Gasteiger partial charge is 0.357 e. The van der Waals surface area contributed by atoms with Gasteiger partial charge in [0.2, 0.25) is 0 Å². The van der Waals surface area contributed by atoms with Crippen molar-refractivity contribution in [3.05, 3.63) is 30.2 Å². The Bertz CT molecular complexity index is 709. The zero-order chi connectivity index (χ0) is 17.7. The normalized spacial score (nSPS) is 17.1. The third-order valence-corrected chi connectivity index (χ3v) is 4.26. The summed E-state index contributed by atoms with van der Waals surface area (Å²) in [7, 11) is 0. The lowest BCUT2D eigenvalue weighted by Gasteiger charge is -2.23. The molecule has 0 saturated carbocycles. The van der Waals surface area contributed by atoms with E-state index in [1.54, 1.807) is 6.20 Å². The average molecular weight is 342 g/mol. The van der Waals surface area contributed by atoms with Crippen molar-refractivity contribution in [3.8, 4) is 11.6 Å². The van der Waals surface area contributed by atoms with Crippen molar-refractivity contribution in [2.45, 2.75) is 33.6 Å². The third-order valence-electron chi connectivity index (χ3n) is 4.26. The van der Waals surface area contributed by atoms with Crippen molar-refractivity contribution in [1.82, 2.24) is 25.3 Å². The molecule has 1 fully saturated rings. The molecule has 3 heterocycles. The van der Waals surface area contributed by atoms with Gasteiger partial charge in [-0.2, -0.15) is 4.98 Å². The van der Waals surface area contributed by atoms with Crippen molar-refractivity contribution < 1.29 is 4.52 Å². The van der Waals surface area contributed by atoms with Gasteiger partial charge in [0, 0.05) is 38.8 Å². The second-order valence-corrected chi connectivity index (χ2v) is 7.05. The second kappa shape index (κ2) is 7.63. The molecule has 3 rings (SSSR count). The Hall–Kier alpha value is -2.44. The highest BCUT2D eigenvalue weighted by molar-refractivity contribution is 5.80. The van der Waals surface area contributed by atoms with Gasteiger partial charge in [0.25, 0.3) is 5.89 Å². The zero-order valence-corrected chi connectivity index (χ0v) is 15.2. The molecule has 0 aromatic carbocycles. The minimum atomic E-state index is 0.349. The van der Waals surface area contributed by atoms with E-state index in [1.807, 2.05) is 18.2 Å². The van der Waals surface area contributed by atoms with E-state index in [4.69, 9.17) is 9.52 Å². The van der Waals surface area contributed by atoms with Crippen LogP contribution in [0.1, 0.15) is 33.0 Å². The van der Waals surface area contributed by atoms with Crippen molar-refractivity contribution in [1.29, 1.82) is 0 Å². The van der Waals surface area contributed by atoms with Crippen LogP contribution in [0.25, 0.3) is 11.6 Å². The lowest BCUT2D eigenvalue weighted by molar-refractivity contribution is 0.370. The quantitative estimate of drug-likeness (QED) is 0.664. The molecule has 7 nitrogen and oxygen atoms in total. The number of likely N-dealkylation sites (tertiary alicyclic amines) is 1. The van der Waals surface area contributed by atoms with Gasteiger partial charge in [-0.1, -0.05) is 25.1 Å². The van der Waals surface area contributed by atoms with Crippen molar-refractivity contribution >= 4 is 5.96 Å². The van der Waals surface area contributed by atoms with E-state index in [0.29, 0.717) is 35.8 Å². The number of nitrogens with zero attached hydrogens (tertiary/aromatic N) is 5. The highest BCUT2D eigenvalue weighted by Crippen LogP contribution is 2.28. The van der Waals surface area contributed by atoms with Crippen LogP contribution in [0.15, 0.2) is 33.9 Å². The van der Waals surface area contributed by atoms with Crippen LogP contribution >= 0.6 is 0 Å². The van der Waals surface area contributed by atoms with Crippen LogP contribution in [0.4, 0.5) is 0 Å². The molecule has 0 atom stereocenters.